The summed E-state index contributed by atoms with van der Waals surface area (Å²) in [6.45, 7) is 12.1. The van der Waals surface area contributed by atoms with E-state index >= 15 is 0 Å². The first-order valence-electron chi connectivity index (χ1n) is 14.7. The van der Waals surface area contributed by atoms with Crippen molar-refractivity contribution in [1.29, 1.82) is 0 Å². The molecule has 4 heteroatoms. The highest BCUT2D eigenvalue weighted by atomic mass is 16.3. The van der Waals surface area contributed by atoms with E-state index in [1.165, 1.54) is 25.7 Å². The molecule has 0 saturated heterocycles. The topological polar surface area (TPSA) is 52.6 Å². The van der Waals surface area contributed by atoms with Crippen LogP contribution in [-0.4, -0.2) is 48.2 Å². The Morgan fingerprint density at radius 1 is 1.03 bits per heavy atom. The van der Waals surface area contributed by atoms with Crippen molar-refractivity contribution in [3.63, 3.8) is 0 Å². The molecule has 0 aromatic heterocycles. The van der Waals surface area contributed by atoms with Crippen LogP contribution in [0.2, 0.25) is 0 Å². The van der Waals surface area contributed by atoms with Crippen LogP contribution in [0.5, 0.6) is 0 Å². The highest BCUT2D eigenvalue weighted by molar-refractivity contribution is 5.94. The van der Waals surface area contributed by atoms with Crippen LogP contribution in [0.25, 0.3) is 0 Å². The van der Waals surface area contributed by atoms with Crippen LogP contribution in [-0.2, 0) is 0 Å². The van der Waals surface area contributed by atoms with E-state index in [4.69, 9.17) is 0 Å². The zero-order valence-corrected chi connectivity index (χ0v) is 24.1. The first kappa shape index (κ1) is 25.6. The van der Waals surface area contributed by atoms with Crippen molar-refractivity contribution >= 4 is 5.91 Å². The van der Waals surface area contributed by atoms with Gasteiger partial charge in [-0.25, -0.2) is 0 Å². The Kier molecular flexibility index (Phi) is 5.50. The average molecular weight is 505 g/mol. The minimum atomic E-state index is -0.375. The second kappa shape index (κ2) is 7.94. The van der Waals surface area contributed by atoms with Gasteiger partial charge in [0, 0.05) is 23.6 Å². The maximum Gasteiger partial charge on any atom is 0.251 e. The molecule has 2 spiro atoms. The summed E-state index contributed by atoms with van der Waals surface area (Å²) in [6, 6.07) is 9.92. The number of carbonyl (C=O) groups is 1. The highest BCUT2D eigenvalue weighted by Gasteiger charge is 2.82. The van der Waals surface area contributed by atoms with Crippen molar-refractivity contribution in [3.05, 3.63) is 48.0 Å². The van der Waals surface area contributed by atoms with Gasteiger partial charge in [0.15, 0.2) is 0 Å². The fraction of sp³-hybridized carbons (Fsp3) is 0.727. The normalized spacial score (nSPS) is 47.9. The van der Waals surface area contributed by atoms with Gasteiger partial charge in [-0.05, 0) is 111 Å². The van der Waals surface area contributed by atoms with Crippen molar-refractivity contribution in [2.75, 3.05) is 14.1 Å². The van der Waals surface area contributed by atoms with Gasteiger partial charge in [0.05, 0.1) is 6.10 Å². The van der Waals surface area contributed by atoms with Crippen molar-refractivity contribution < 1.29 is 9.90 Å². The standard InChI is InChI=1S/C33H48N2O2/c1-21(34-28(37)22-11-9-8-10-12-22)27-23(36)19-31(5)25-14-13-24-29(2,3)26(35(6)7)15-16-32(24)20-33(25,32)18-17-30(27,31)4/h8-12,15-16,21,23-27,36H,13-14,17-20H2,1-7H3,(H,34,37)/t21-,23+,24-,25-,26-,27-,30+,31-,32-,33-/m0/s1. The van der Waals surface area contributed by atoms with Gasteiger partial charge in [0.2, 0.25) is 0 Å². The zero-order valence-electron chi connectivity index (χ0n) is 24.1. The molecule has 37 heavy (non-hydrogen) atoms. The molecule has 4 saturated carbocycles. The van der Waals surface area contributed by atoms with Gasteiger partial charge < -0.3 is 15.3 Å². The van der Waals surface area contributed by atoms with Gasteiger partial charge in [0.1, 0.15) is 0 Å². The van der Waals surface area contributed by atoms with Crippen molar-refractivity contribution in [2.45, 2.75) is 91.3 Å². The average Bonchev–Trinajstić information content (AvgIpc) is 3.43. The van der Waals surface area contributed by atoms with Crippen LogP contribution in [0.1, 0.15) is 83.5 Å². The van der Waals surface area contributed by atoms with Crippen LogP contribution in [0.3, 0.4) is 0 Å². The van der Waals surface area contributed by atoms with Crippen molar-refractivity contribution in [1.82, 2.24) is 10.2 Å². The number of hydrogen-bond acceptors (Lipinski definition) is 3. The molecule has 1 aromatic rings. The number of likely N-dealkylation sites (N-methyl/N-ethyl adjacent to an activating group) is 1. The number of fused-ring (bicyclic) bond motifs is 2. The predicted octanol–water partition coefficient (Wildman–Crippen LogP) is 5.92. The number of nitrogens with zero attached hydrogens (tertiary/aromatic N) is 1. The summed E-state index contributed by atoms with van der Waals surface area (Å²) in [6.07, 6.45) is 12.0. The Morgan fingerprint density at radius 2 is 1.70 bits per heavy atom. The fourth-order valence-corrected chi connectivity index (χ4v) is 11.5. The highest BCUT2D eigenvalue weighted by Crippen LogP contribution is 2.88. The molecule has 202 valence electrons. The summed E-state index contributed by atoms with van der Waals surface area (Å²) in [5, 5.41) is 14.9. The van der Waals surface area contributed by atoms with Gasteiger partial charge in [0.25, 0.3) is 5.91 Å². The summed E-state index contributed by atoms with van der Waals surface area (Å²) >= 11 is 0. The van der Waals surface area contributed by atoms with E-state index < -0.39 is 0 Å². The fourth-order valence-electron chi connectivity index (χ4n) is 11.5. The molecular formula is C33H48N2O2. The first-order chi connectivity index (χ1) is 17.3. The molecule has 4 fully saturated rings. The molecule has 1 amide bonds. The summed E-state index contributed by atoms with van der Waals surface area (Å²) in [4.78, 5) is 15.4. The minimum Gasteiger partial charge on any atom is -0.393 e. The molecule has 0 heterocycles. The Hall–Kier alpha value is -1.65. The second-order valence-corrected chi connectivity index (χ2v) is 14.9. The molecule has 6 rings (SSSR count). The molecule has 10 atom stereocenters. The monoisotopic (exact) mass is 504 g/mol. The van der Waals surface area contributed by atoms with E-state index in [1.54, 1.807) is 0 Å². The number of aliphatic hydroxyl groups excluding tert-OH is 1. The van der Waals surface area contributed by atoms with Crippen LogP contribution >= 0.6 is 0 Å². The number of benzene rings is 1. The van der Waals surface area contributed by atoms with Gasteiger partial charge in [-0.15, -0.1) is 0 Å². The number of carbonyl (C=O) groups excluding carboxylic acids is 1. The van der Waals surface area contributed by atoms with E-state index in [0.29, 0.717) is 28.4 Å². The number of allylic oxidation sites excluding steroid dienone is 1. The lowest BCUT2D eigenvalue weighted by Crippen LogP contribution is -2.58. The molecule has 5 aliphatic carbocycles. The smallest absolute Gasteiger partial charge is 0.251 e. The summed E-state index contributed by atoms with van der Waals surface area (Å²) in [7, 11) is 4.46. The molecule has 0 radical (unpaired) electrons. The van der Waals surface area contributed by atoms with Gasteiger partial charge in [-0.1, -0.05) is 58.0 Å². The molecule has 0 unspecified atom stereocenters. The van der Waals surface area contributed by atoms with Crippen LogP contribution in [0.15, 0.2) is 42.5 Å². The van der Waals surface area contributed by atoms with Gasteiger partial charge in [-0.2, -0.15) is 0 Å². The Morgan fingerprint density at radius 3 is 2.38 bits per heavy atom. The lowest BCUT2D eigenvalue weighted by atomic mass is 9.42. The van der Waals surface area contributed by atoms with Crippen LogP contribution in [0.4, 0.5) is 0 Å². The third-order valence-corrected chi connectivity index (χ3v) is 13.1. The quantitative estimate of drug-likeness (QED) is 0.501. The Labute approximate surface area is 224 Å². The number of nitrogens with one attached hydrogen (secondary N) is 1. The minimum absolute atomic E-state index is 0.0163. The maximum atomic E-state index is 13.0. The predicted molar refractivity (Wildman–Crippen MR) is 149 cm³/mol. The SMILES string of the molecule is C[C@H](NC(=O)c1ccccc1)[C@H]1[C@H](O)C[C@@]2(C)[C@@H]3CC[C@H]4C(C)(C)[C@@H](N(C)C)C=C[C@]45C[C@@]35CC[C@]12C. The third-order valence-electron chi connectivity index (χ3n) is 13.1. The Balaban J connectivity index is 1.30. The number of rotatable bonds is 4. The third kappa shape index (κ3) is 3.12. The number of amides is 1. The molecular weight excluding hydrogens is 456 g/mol. The van der Waals surface area contributed by atoms with Crippen LogP contribution in [0, 0.1) is 44.8 Å². The van der Waals surface area contributed by atoms with E-state index in [2.05, 4.69) is 71.1 Å². The largest absolute Gasteiger partial charge is 0.393 e. The van der Waals surface area contributed by atoms with Crippen LogP contribution < -0.4 is 5.32 Å². The number of hydrogen-bond donors (Lipinski definition) is 2. The van der Waals surface area contributed by atoms with E-state index in [-0.39, 0.29) is 40.2 Å². The lowest BCUT2D eigenvalue weighted by molar-refractivity contribution is -0.128. The second-order valence-electron chi connectivity index (χ2n) is 14.9. The zero-order chi connectivity index (χ0) is 26.6. The van der Waals surface area contributed by atoms with E-state index in [0.717, 1.165) is 18.8 Å². The summed E-state index contributed by atoms with van der Waals surface area (Å²) in [5.41, 5.74) is 1.79. The molecule has 2 N–H and O–H groups in total. The van der Waals surface area contributed by atoms with Crippen molar-refractivity contribution in [2.24, 2.45) is 44.8 Å². The van der Waals surface area contributed by atoms with E-state index in [9.17, 15) is 9.90 Å². The Bertz CT molecular complexity index is 1110. The number of aliphatic hydroxyl groups is 1. The first-order valence-corrected chi connectivity index (χ1v) is 14.7. The van der Waals surface area contributed by atoms with Crippen molar-refractivity contribution in [3.8, 4) is 0 Å². The molecule has 4 nitrogen and oxygen atoms in total. The summed E-state index contributed by atoms with van der Waals surface area (Å²) < 4.78 is 0. The van der Waals surface area contributed by atoms with Gasteiger partial charge >= 0.3 is 0 Å². The van der Waals surface area contributed by atoms with E-state index in [1.807, 2.05) is 30.3 Å². The van der Waals surface area contributed by atoms with Gasteiger partial charge in [-0.3, -0.25) is 4.79 Å². The molecule has 0 aliphatic heterocycles. The lowest BCUT2D eigenvalue weighted by Gasteiger charge is -2.62. The summed E-state index contributed by atoms with van der Waals surface area (Å²) in [5.74, 6) is 1.42. The maximum absolute atomic E-state index is 13.0. The molecule has 5 aliphatic rings. The molecule has 0 bridgehead atoms. The molecule has 1 aromatic carbocycles.